The third kappa shape index (κ3) is 3.21. The zero-order valence-corrected chi connectivity index (χ0v) is 12.4. The van der Waals surface area contributed by atoms with Gasteiger partial charge in [-0.15, -0.1) is 0 Å². The van der Waals surface area contributed by atoms with Crippen molar-refractivity contribution < 1.29 is 9.13 Å². The summed E-state index contributed by atoms with van der Waals surface area (Å²) < 4.78 is 18.9. The van der Waals surface area contributed by atoms with Crippen LogP contribution in [0.2, 0.25) is 0 Å². The molecule has 1 heterocycles. The van der Waals surface area contributed by atoms with E-state index in [0.717, 1.165) is 12.2 Å². The van der Waals surface area contributed by atoms with Crippen LogP contribution >= 0.6 is 0 Å². The molecule has 112 valence electrons. The van der Waals surface area contributed by atoms with E-state index in [0.29, 0.717) is 23.9 Å². The van der Waals surface area contributed by atoms with Crippen LogP contribution in [0.25, 0.3) is 0 Å². The first-order chi connectivity index (χ1) is 10.2. The van der Waals surface area contributed by atoms with Gasteiger partial charge in [0.05, 0.1) is 7.11 Å². The lowest BCUT2D eigenvalue weighted by molar-refractivity contribution is 0.413. The van der Waals surface area contributed by atoms with Crippen LogP contribution in [0.4, 0.5) is 21.7 Å². The minimum Gasteiger partial charge on any atom is -0.490 e. The predicted molar refractivity (Wildman–Crippen MR) is 81.8 cm³/mol. The van der Waals surface area contributed by atoms with Gasteiger partial charge in [-0.1, -0.05) is 6.07 Å². The van der Waals surface area contributed by atoms with Crippen LogP contribution in [0.5, 0.6) is 5.75 Å². The standard InChI is InChI=1S/C15H19FN4O/c1-4-17-14-13(21-3)15(19-10-18-14)20(5-2)12-8-6-7-11(16)9-12/h6-10H,4-5H2,1-3H3,(H,17,18,19). The molecule has 0 fully saturated rings. The summed E-state index contributed by atoms with van der Waals surface area (Å²) in [6, 6.07) is 6.39. The molecule has 0 radical (unpaired) electrons. The molecule has 0 amide bonds. The SMILES string of the molecule is CCNc1ncnc(N(CC)c2cccc(F)c2)c1OC. The van der Waals surface area contributed by atoms with Crippen molar-refractivity contribution >= 4 is 17.3 Å². The Hall–Kier alpha value is -2.37. The van der Waals surface area contributed by atoms with Crippen molar-refractivity contribution in [1.82, 2.24) is 9.97 Å². The van der Waals surface area contributed by atoms with E-state index in [-0.39, 0.29) is 5.82 Å². The van der Waals surface area contributed by atoms with Gasteiger partial charge < -0.3 is 15.0 Å². The fourth-order valence-electron chi connectivity index (χ4n) is 2.14. The minimum absolute atomic E-state index is 0.286. The number of hydrogen-bond acceptors (Lipinski definition) is 5. The highest BCUT2D eigenvalue weighted by Gasteiger charge is 2.18. The fourth-order valence-corrected chi connectivity index (χ4v) is 2.14. The van der Waals surface area contributed by atoms with Gasteiger partial charge in [-0.25, -0.2) is 14.4 Å². The largest absolute Gasteiger partial charge is 0.490 e. The van der Waals surface area contributed by atoms with Crippen molar-refractivity contribution in [2.24, 2.45) is 0 Å². The monoisotopic (exact) mass is 290 g/mol. The minimum atomic E-state index is -0.286. The third-order valence-electron chi connectivity index (χ3n) is 3.03. The number of anilines is 3. The smallest absolute Gasteiger partial charge is 0.204 e. The summed E-state index contributed by atoms with van der Waals surface area (Å²) in [5.74, 6) is 1.49. The normalized spacial score (nSPS) is 10.3. The van der Waals surface area contributed by atoms with Crippen LogP contribution in [0.3, 0.4) is 0 Å². The molecule has 2 rings (SSSR count). The first kappa shape index (κ1) is 15.0. The lowest BCUT2D eigenvalue weighted by Crippen LogP contribution is -2.19. The Morgan fingerprint density at radius 3 is 2.71 bits per heavy atom. The average molecular weight is 290 g/mol. The number of hydrogen-bond donors (Lipinski definition) is 1. The summed E-state index contributed by atoms with van der Waals surface area (Å²) in [5.41, 5.74) is 0.719. The van der Waals surface area contributed by atoms with E-state index < -0.39 is 0 Å². The maximum Gasteiger partial charge on any atom is 0.204 e. The Kier molecular flexibility index (Phi) is 4.92. The Morgan fingerprint density at radius 2 is 2.10 bits per heavy atom. The van der Waals surface area contributed by atoms with Crippen LogP contribution in [-0.2, 0) is 0 Å². The van der Waals surface area contributed by atoms with E-state index in [4.69, 9.17) is 4.74 Å². The Labute approximate surface area is 123 Å². The number of aromatic nitrogens is 2. The van der Waals surface area contributed by atoms with Gasteiger partial charge in [-0.05, 0) is 32.0 Å². The molecule has 2 aromatic rings. The molecule has 0 aliphatic heterocycles. The molecule has 0 bridgehead atoms. The van der Waals surface area contributed by atoms with Gasteiger partial charge >= 0.3 is 0 Å². The van der Waals surface area contributed by atoms with Crippen molar-refractivity contribution in [2.45, 2.75) is 13.8 Å². The second-order valence-corrected chi connectivity index (χ2v) is 4.33. The number of nitrogens with zero attached hydrogens (tertiary/aromatic N) is 3. The van der Waals surface area contributed by atoms with E-state index in [1.54, 1.807) is 13.2 Å². The summed E-state index contributed by atoms with van der Waals surface area (Å²) in [5, 5.41) is 3.13. The van der Waals surface area contributed by atoms with Crippen molar-refractivity contribution in [3.05, 3.63) is 36.4 Å². The lowest BCUT2D eigenvalue weighted by Gasteiger charge is -2.24. The van der Waals surface area contributed by atoms with E-state index in [1.165, 1.54) is 18.5 Å². The number of halogens is 1. The van der Waals surface area contributed by atoms with Gasteiger partial charge in [0.2, 0.25) is 5.75 Å². The fraction of sp³-hybridized carbons (Fsp3) is 0.333. The van der Waals surface area contributed by atoms with Crippen molar-refractivity contribution in [3.63, 3.8) is 0 Å². The highest BCUT2D eigenvalue weighted by molar-refractivity contribution is 5.71. The van der Waals surface area contributed by atoms with Crippen molar-refractivity contribution in [1.29, 1.82) is 0 Å². The summed E-state index contributed by atoms with van der Waals surface area (Å²) >= 11 is 0. The molecule has 21 heavy (non-hydrogen) atoms. The Morgan fingerprint density at radius 1 is 1.29 bits per heavy atom. The molecule has 1 aromatic carbocycles. The molecule has 0 unspecified atom stereocenters. The van der Waals surface area contributed by atoms with Crippen LogP contribution in [0.15, 0.2) is 30.6 Å². The number of nitrogens with one attached hydrogen (secondary N) is 1. The van der Waals surface area contributed by atoms with E-state index in [2.05, 4.69) is 15.3 Å². The zero-order valence-electron chi connectivity index (χ0n) is 12.4. The molecule has 0 aliphatic rings. The van der Waals surface area contributed by atoms with Crippen LogP contribution in [-0.4, -0.2) is 30.2 Å². The number of benzene rings is 1. The van der Waals surface area contributed by atoms with E-state index in [1.807, 2.05) is 24.8 Å². The summed E-state index contributed by atoms with van der Waals surface area (Å²) in [7, 11) is 1.57. The van der Waals surface area contributed by atoms with Gasteiger partial charge in [0.25, 0.3) is 0 Å². The number of ether oxygens (including phenoxy) is 1. The van der Waals surface area contributed by atoms with Crippen LogP contribution in [0, 0.1) is 5.82 Å². The topological polar surface area (TPSA) is 50.3 Å². The zero-order chi connectivity index (χ0) is 15.2. The van der Waals surface area contributed by atoms with Crippen LogP contribution in [0.1, 0.15) is 13.8 Å². The summed E-state index contributed by atoms with van der Waals surface area (Å²) in [6.45, 7) is 5.30. The first-order valence-corrected chi connectivity index (χ1v) is 6.87. The molecule has 0 saturated heterocycles. The highest BCUT2D eigenvalue weighted by atomic mass is 19.1. The van der Waals surface area contributed by atoms with E-state index in [9.17, 15) is 4.39 Å². The van der Waals surface area contributed by atoms with Crippen molar-refractivity contribution in [3.8, 4) is 5.75 Å². The number of methoxy groups -OCH3 is 1. The van der Waals surface area contributed by atoms with Crippen LogP contribution < -0.4 is 15.0 Å². The lowest BCUT2D eigenvalue weighted by atomic mass is 10.2. The maximum atomic E-state index is 13.5. The Balaban J connectivity index is 2.49. The summed E-state index contributed by atoms with van der Waals surface area (Å²) in [6.07, 6.45) is 1.47. The third-order valence-corrected chi connectivity index (χ3v) is 3.03. The predicted octanol–water partition coefficient (Wildman–Crippen LogP) is 3.21. The first-order valence-electron chi connectivity index (χ1n) is 6.87. The molecule has 1 aromatic heterocycles. The maximum absolute atomic E-state index is 13.5. The average Bonchev–Trinajstić information content (AvgIpc) is 2.49. The van der Waals surface area contributed by atoms with Gasteiger partial charge in [0.15, 0.2) is 11.6 Å². The van der Waals surface area contributed by atoms with Gasteiger partial charge in [0, 0.05) is 18.8 Å². The molecular formula is C15H19FN4O. The molecule has 1 N–H and O–H groups in total. The van der Waals surface area contributed by atoms with Gasteiger partial charge in [-0.2, -0.15) is 0 Å². The summed E-state index contributed by atoms with van der Waals surface area (Å²) in [4.78, 5) is 10.4. The molecule has 0 atom stereocenters. The highest BCUT2D eigenvalue weighted by Crippen LogP contribution is 2.35. The molecule has 5 nitrogen and oxygen atoms in total. The molecule has 0 aliphatic carbocycles. The van der Waals surface area contributed by atoms with Gasteiger partial charge in [0.1, 0.15) is 12.1 Å². The number of rotatable bonds is 6. The molecule has 0 spiro atoms. The molecular weight excluding hydrogens is 271 g/mol. The Bertz CT molecular complexity index is 606. The quantitative estimate of drug-likeness (QED) is 0.885. The van der Waals surface area contributed by atoms with Crippen molar-refractivity contribution in [2.75, 3.05) is 30.4 Å². The molecule has 0 saturated carbocycles. The van der Waals surface area contributed by atoms with Gasteiger partial charge in [-0.3, -0.25) is 0 Å². The second-order valence-electron chi connectivity index (χ2n) is 4.33. The van der Waals surface area contributed by atoms with E-state index >= 15 is 0 Å². The molecule has 6 heteroatoms. The second kappa shape index (κ2) is 6.88.